The Labute approximate surface area is 661 Å². The van der Waals surface area contributed by atoms with Gasteiger partial charge in [0.2, 0.25) is 53.2 Å². The molecule has 10 amide bonds. The summed E-state index contributed by atoms with van der Waals surface area (Å²) in [4.78, 5) is 157. The summed E-state index contributed by atoms with van der Waals surface area (Å²) in [5.41, 5.74) is 23.2. The first kappa shape index (κ1) is 88.3. The highest BCUT2D eigenvalue weighted by Gasteiger charge is 2.39. The first-order valence-corrected chi connectivity index (χ1v) is 37.8. The Morgan fingerprint density at radius 3 is 1.08 bits per heavy atom. The average Bonchev–Trinajstić information content (AvgIpc) is 1.62. The smallest absolute Gasteiger partial charge is 0.407 e. The number of carbonyl (C=O) groups excluding carboxylic acids is 10. The normalized spacial score (nSPS) is 14.2. The van der Waals surface area contributed by atoms with Gasteiger partial charge in [-0.2, -0.15) is 0 Å². The molecule has 0 fully saturated rings. The van der Waals surface area contributed by atoms with Gasteiger partial charge < -0.3 is 101 Å². The maximum absolute atomic E-state index is 15.0. The highest BCUT2D eigenvalue weighted by molar-refractivity contribution is 5.99. The van der Waals surface area contributed by atoms with Crippen molar-refractivity contribution in [3.8, 4) is 11.1 Å². The quantitative estimate of drug-likeness (QED) is 0.0145. The van der Waals surface area contributed by atoms with Gasteiger partial charge in [0.15, 0.2) is 17.9 Å². The highest BCUT2D eigenvalue weighted by Crippen LogP contribution is 2.44. The molecule has 0 spiro atoms. The molecule has 7 rings (SSSR count). The van der Waals surface area contributed by atoms with E-state index < -0.39 is 156 Å². The minimum Gasteiger partial charge on any atom is -0.480 e. The van der Waals surface area contributed by atoms with Crippen LogP contribution < -0.4 is 86.3 Å². The second kappa shape index (κ2) is 45.4. The van der Waals surface area contributed by atoms with E-state index in [-0.39, 0.29) is 103 Å². The molecule has 1 aliphatic rings. The number of benzene rings is 6. The zero-order valence-electron chi connectivity index (χ0n) is 63.9. The van der Waals surface area contributed by atoms with Crippen molar-refractivity contribution in [2.45, 2.75) is 158 Å². The molecular formula is C81H105N19O14. The van der Waals surface area contributed by atoms with Gasteiger partial charge in [-0.3, -0.25) is 59.4 Å². The van der Waals surface area contributed by atoms with Crippen LogP contribution in [0.2, 0.25) is 0 Å². The Bertz CT molecular complexity index is 4210. The molecule has 24 N–H and O–H groups in total. The van der Waals surface area contributed by atoms with E-state index >= 15 is 9.59 Å². The van der Waals surface area contributed by atoms with Crippen molar-refractivity contribution in [2.75, 3.05) is 32.8 Å². The number of alkyl carbamates (subject to hydrolysis) is 1. The van der Waals surface area contributed by atoms with Crippen LogP contribution in [0.5, 0.6) is 0 Å². The molecule has 608 valence electrons. The van der Waals surface area contributed by atoms with E-state index in [2.05, 4.69) is 69.1 Å². The zero-order chi connectivity index (χ0) is 82.6. The number of amides is 10. The van der Waals surface area contributed by atoms with E-state index in [0.29, 0.717) is 22.3 Å². The van der Waals surface area contributed by atoms with Crippen molar-refractivity contribution in [1.82, 2.24) is 69.1 Å². The van der Waals surface area contributed by atoms with Gasteiger partial charge in [0.25, 0.3) is 0 Å². The fourth-order valence-corrected chi connectivity index (χ4v) is 12.9. The third-order valence-electron chi connectivity index (χ3n) is 19.1. The van der Waals surface area contributed by atoms with Crippen molar-refractivity contribution >= 4 is 83.1 Å². The number of rotatable bonds is 45. The molecule has 0 unspecified atom stereocenters. The van der Waals surface area contributed by atoms with Crippen LogP contribution in [0.3, 0.4) is 0 Å². The van der Waals surface area contributed by atoms with Crippen molar-refractivity contribution in [1.29, 1.82) is 16.2 Å². The number of fused-ring (bicyclic) bond motifs is 3. The van der Waals surface area contributed by atoms with E-state index in [1.165, 1.54) is 6.92 Å². The lowest BCUT2D eigenvalue weighted by Gasteiger charge is -2.30. The molecule has 33 heteroatoms. The summed E-state index contributed by atoms with van der Waals surface area (Å²) >= 11 is 0. The lowest BCUT2D eigenvalue weighted by molar-refractivity contribution is -0.142. The van der Waals surface area contributed by atoms with Gasteiger partial charge in [0, 0.05) is 51.2 Å². The van der Waals surface area contributed by atoms with Gasteiger partial charge in [-0.05, 0) is 95.9 Å². The van der Waals surface area contributed by atoms with Gasteiger partial charge in [-0.25, -0.2) is 9.59 Å². The summed E-state index contributed by atoms with van der Waals surface area (Å²) in [5, 5.41) is 79.0. The molecule has 0 saturated carbocycles. The predicted octanol–water partition coefficient (Wildman–Crippen LogP) is 1.16. The second-order valence-corrected chi connectivity index (χ2v) is 27.8. The number of hydrogen-bond donors (Lipinski definition) is 21. The number of hydrogen-bond acceptors (Lipinski definition) is 16. The van der Waals surface area contributed by atoms with E-state index in [0.717, 1.165) is 22.3 Å². The predicted molar refractivity (Wildman–Crippen MR) is 427 cm³/mol. The molecule has 0 saturated heterocycles. The average molecular weight is 1570 g/mol. The van der Waals surface area contributed by atoms with Crippen molar-refractivity contribution < 1.29 is 67.7 Å². The maximum atomic E-state index is 15.0. The van der Waals surface area contributed by atoms with Crippen LogP contribution >= 0.6 is 0 Å². The number of guanidine groups is 3. The topological polar surface area (TPSA) is 543 Å². The summed E-state index contributed by atoms with van der Waals surface area (Å²) in [6.07, 6.45) is -3.15. The third-order valence-corrected chi connectivity index (χ3v) is 19.1. The van der Waals surface area contributed by atoms with E-state index in [1.54, 1.807) is 135 Å². The minimum atomic E-state index is -1.81. The maximum Gasteiger partial charge on any atom is 0.407 e. The lowest BCUT2D eigenvalue weighted by atomic mass is 9.96. The van der Waals surface area contributed by atoms with Gasteiger partial charge in [-0.15, -0.1) is 0 Å². The van der Waals surface area contributed by atoms with Crippen LogP contribution in [0.1, 0.15) is 105 Å². The number of aliphatic hydroxyl groups is 1. The molecule has 11 atom stereocenters. The molecular weight excluding hydrogens is 1460 g/mol. The van der Waals surface area contributed by atoms with Crippen LogP contribution in [0.4, 0.5) is 4.79 Å². The first-order valence-electron chi connectivity index (χ1n) is 37.8. The van der Waals surface area contributed by atoms with E-state index in [9.17, 15) is 53.4 Å². The molecule has 6 aromatic carbocycles. The SMILES string of the molecule is CC[C@H](C)[C@H](NC(=O)[C@H](CCCNC(=N)N)NC(=O)[C@H](CCCNC(=N)N)NC(=O)[C@H](Cc1ccccc1)NC(=O)[C@H](Cc1ccccc1)NC(=O)CNC(=O)OCC1c2ccccc2-c2ccccc21)C(=O)N[C@@H](CCCNC(=N)N)C(=O)N[C@H](C(=O)N[C@@H](Cc1ccccc1)C(=O)N[C@@H](Cc1ccccc1)C(=O)O)[C@@H](C)O. The number of nitrogens with two attached hydrogens (primary N) is 3. The monoisotopic (exact) mass is 1570 g/mol. The number of ether oxygens (including phenoxy) is 1. The van der Waals surface area contributed by atoms with Crippen molar-refractivity contribution in [3.05, 3.63) is 203 Å². The summed E-state index contributed by atoms with van der Waals surface area (Å²) in [7, 11) is 0. The molecule has 33 nitrogen and oxygen atoms in total. The Kier molecular flexibility index (Phi) is 35.2. The molecule has 0 heterocycles. The number of nitrogens with one attached hydrogen (secondary N) is 16. The standard InChI is InChI=1S/C81H105N19O14/c1-4-48(2)67(75(109)95-61(38-23-41-90-80(86)87)71(105)100-68(49(3)101)76(110)97-64(44-52-28-13-7-14-29-52)74(108)98-65(77(111)112)45-53-30-15-8-16-31-53)99-70(104)60(37-22-40-89-79(84)85)93-69(103)59(36-21-39-88-78(82)83)94-73(107)63(43-51-26-11-6-12-27-51)96-72(106)62(42-50-24-9-5-10-25-50)92-66(102)46-91-81(113)114-47-58-56-34-19-17-32-54(56)55-33-18-20-35-57(55)58/h5-20,24-35,48-49,58-65,67-68,101H,4,21-23,36-47H2,1-3H3,(H,91,113)(H,92,102)(H,93,103)(H,94,107)(H,95,109)(H,96,106)(H,97,110)(H,98,108)(H,99,104)(H,100,105)(H,111,112)(H4,82,83,88)(H4,84,85,89)(H4,86,87,90)/t48-,49+,59-,60-,61-,62-,63-,64-,65-,67-,68-/m0/s1. The van der Waals surface area contributed by atoms with Crippen LogP contribution in [0.15, 0.2) is 170 Å². The van der Waals surface area contributed by atoms with Gasteiger partial charge in [0.05, 0.1) is 6.10 Å². The van der Waals surface area contributed by atoms with Gasteiger partial charge in [0.1, 0.15) is 67.5 Å². The molecule has 1 aliphatic carbocycles. The highest BCUT2D eigenvalue weighted by atomic mass is 16.5. The summed E-state index contributed by atoms with van der Waals surface area (Å²) in [6, 6.07) is 36.3. The van der Waals surface area contributed by atoms with Gasteiger partial charge >= 0.3 is 12.1 Å². The fraction of sp³-hybridized carbons (Fsp3) is 0.383. The number of carbonyl (C=O) groups is 11. The van der Waals surface area contributed by atoms with Crippen LogP contribution in [-0.4, -0.2) is 187 Å². The van der Waals surface area contributed by atoms with Crippen molar-refractivity contribution in [2.24, 2.45) is 23.1 Å². The number of carboxylic acids is 1. The van der Waals surface area contributed by atoms with E-state index in [4.69, 9.17) is 38.2 Å². The van der Waals surface area contributed by atoms with Crippen LogP contribution in [0.25, 0.3) is 11.1 Å². The largest absolute Gasteiger partial charge is 0.480 e. The summed E-state index contributed by atoms with van der Waals surface area (Å²) in [6.45, 7) is 3.98. The zero-order valence-corrected chi connectivity index (χ0v) is 63.9. The molecule has 114 heavy (non-hydrogen) atoms. The van der Waals surface area contributed by atoms with E-state index in [1.807, 2.05) is 48.5 Å². The third kappa shape index (κ3) is 28.7. The lowest BCUT2D eigenvalue weighted by Crippen LogP contribution is -2.62. The van der Waals surface area contributed by atoms with Gasteiger partial charge in [-0.1, -0.05) is 190 Å². The Balaban J connectivity index is 1.09. The molecule has 0 aliphatic heterocycles. The number of aliphatic carboxylic acids is 1. The Morgan fingerprint density at radius 2 is 0.702 bits per heavy atom. The Hall–Kier alpha value is -12.9. The summed E-state index contributed by atoms with van der Waals surface area (Å²) in [5.74, 6) is -11.8. The molecule has 6 aromatic rings. The fourth-order valence-electron chi connectivity index (χ4n) is 12.9. The molecule has 0 aromatic heterocycles. The first-order chi connectivity index (χ1) is 54.7. The van der Waals surface area contributed by atoms with Crippen molar-refractivity contribution in [3.63, 3.8) is 0 Å². The van der Waals surface area contributed by atoms with Crippen LogP contribution in [0, 0.1) is 22.1 Å². The molecule has 0 radical (unpaired) electrons. The van der Waals surface area contributed by atoms with Crippen LogP contribution in [-0.2, 0) is 78.4 Å². The minimum absolute atomic E-state index is 0.0130. The number of aliphatic hydroxyl groups excluding tert-OH is 1. The molecule has 0 bridgehead atoms. The number of carboxylic acid groups (broad SMARTS) is 1. The summed E-state index contributed by atoms with van der Waals surface area (Å²) < 4.78 is 5.66. The second-order valence-electron chi connectivity index (χ2n) is 27.8. The Morgan fingerprint density at radius 1 is 0.395 bits per heavy atom.